The van der Waals surface area contributed by atoms with E-state index in [-0.39, 0.29) is 0 Å². The number of aliphatic hydroxyl groups excluding tert-OH is 1. The summed E-state index contributed by atoms with van der Waals surface area (Å²) >= 11 is 0. The van der Waals surface area contributed by atoms with E-state index >= 15 is 0 Å². The summed E-state index contributed by atoms with van der Waals surface area (Å²) in [4.78, 5) is 0. The third-order valence-electron chi connectivity index (χ3n) is 4.26. The van der Waals surface area contributed by atoms with Crippen molar-refractivity contribution in [1.29, 1.82) is 0 Å². The topological polar surface area (TPSA) is 20.2 Å². The highest BCUT2D eigenvalue weighted by molar-refractivity contribution is 5.03. The van der Waals surface area contributed by atoms with Crippen molar-refractivity contribution < 1.29 is 5.11 Å². The molecule has 1 unspecified atom stereocenters. The molecular formula is C11H20O. The van der Waals surface area contributed by atoms with Crippen molar-refractivity contribution in [2.75, 3.05) is 6.61 Å². The van der Waals surface area contributed by atoms with Gasteiger partial charge in [-0.05, 0) is 49.4 Å². The fourth-order valence-corrected chi connectivity index (χ4v) is 2.96. The van der Waals surface area contributed by atoms with Crippen LogP contribution in [0.2, 0.25) is 0 Å². The Hall–Kier alpha value is -0.0400. The molecule has 0 aromatic rings. The van der Waals surface area contributed by atoms with Crippen LogP contribution < -0.4 is 0 Å². The first-order valence-electron chi connectivity index (χ1n) is 5.41. The maximum absolute atomic E-state index is 9.05. The summed E-state index contributed by atoms with van der Waals surface area (Å²) in [7, 11) is 0. The van der Waals surface area contributed by atoms with E-state index in [1.165, 1.54) is 38.5 Å². The summed E-state index contributed by atoms with van der Waals surface area (Å²) in [5, 5.41) is 9.05. The van der Waals surface area contributed by atoms with Crippen molar-refractivity contribution in [3.05, 3.63) is 0 Å². The molecule has 70 valence electrons. The third kappa shape index (κ3) is 1.28. The van der Waals surface area contributed by atoms with Crippen LogP contribution in [0.5, 0.6) is 0 Å². The molecule has 2 rings (SSSR count). The lowest BCUT2D eigenvalue weighted by Gasteiger charge is -2.28. The van der Waals surface area contributed by atoms with E-state index in [4.69, 9.17) is 5.11 Å². The van der Waals surface area contributed by atoms with Gasteiger partial charge in [-0.2, -0.15) is 0 Å². The largest absolute Gasteiger partial charge is 0.396 e. The summed E-state index contributed by atoms with van der Waals surface area (Å²) in [6, 6.07) is 0. The van der Waals surface area contributed by atoms with Crippen molar-refractivity contribution in [2.45, 2.75) is 45.4 Å². The smallest absolute Gasteiger partial charge is 0.0464 e. The first-order chi connectivity index (χ1) is 5.80. The second-order valence-corrected chi connectivity index (χ2v) is 4.80. The highest BCUT2D eigenvalue weighted by atomic mass is 16.3. The van der Waals surface area contributed by atoms with Crippen molar-refractivity contribution in [3.8, 4) is 0 Å². The molecule has 1 N–H and O–H groups in total. The Morgan fingerprint density at radius 2 is 2.00 bits per heavy atom. The molecule has 0 aromatic carbocycles. The lowest BCUT2D eigenvalue weighted by Crippen LogP contribution is -2.17. The number of rotatable bonds is 2. The minimum absolute atomic E-state index is 0.441. The van der Waals surface area contributed by atoms with Crippen LogP contribution in [0.25, 0.3) is 0 Å². The van der Waals surface area contributed by atoms with Crippen molar-refractivity contribution in [3.63, 3.8) is 0 Å². The van der Waals surface area contributed by atoms with Gasteiger partial charge in [0.25, 0.3) is 0 Å². The van der Waals surface area contributed by atoms with Crippen LogP contribution >= 0.6 is 0 Å². The molecule has 0 saturated heterocycles. The van der Waals surface area contributed by atoms with Crippen LogP contribution in [0.4, 0.5) is 0 Å². The monoisotopic (exact) mass is 168 g/mol. The quantitative estimate of drug-likeness (QED) is 0.672. The molecule has 0 bridgehead atoms. The van der Waals surface area contributed by atoms with Crippen LogP contribution in [-0.2, 0) is 0 Å². The Morgan fingerprint density at radius 1 is 1.33 bits per heavy atom. The molecule has 0 heterocycles. The molecule has 0 amide bonds. The van der Waals surface area contributed by atoms with Crippen LogP contribution in [-0.4, -0.2) is 11.7 Å². The molecule has 0 aliphatic heterocycles. The van der Waals surface area contributed by atoms with Crippen molar-refractivity contribution in [2.24, 2.45) is 17.3 Å². The highest BCUT2D eigenvalue weighted by Crippen LogP contribution is 2.61. The molecule has 2 aliphatic carbocycles. The lowest BCUT2D eigenvalue weighted by molar-refractivity contribution is 0.194. The Labute approximate surface area is 75.2 Å². The molecule has 2 saturated carbocycles. The fourth-order valence-electron chi connectivity index (χ4n) is 2.96. The van der Waals surface area contributed by atoms with E-state index in [9.17, 15) is 0 Å². The first kappa shape index (κ1) is 8.55. The van der Waals surface area contributed by atoms with Gasteiger partial charge in [0.1, 0.15) is 0 Å². The van der Waals surface area contributed by atoms with Gasteiger partial charge in [-0.15, -0.1) is 0 Å². The summed E-state index contributed by atoms with van der Waals surface area (Å²) in [6.45, 7) is 2.75. The van der Waals surface area contributed by atoms with E-state index in [0.717, 1.165) is 5.92 Å². The summed E-state index contributed by atoms with van der Waals surface area (Å²) in [5.74, 6) is 1.67. The van der Waals surface area contributed by atoms with Crippen molar-refractivity contribution in [1.82, 2.24) is 0 Å². The maximum Gasteiger partial charge on any atom is 0.0464 e. The molecule has 2 fully saturated rings. The summed E-state index contributed by atoms with van der Waals surface area (Å²) < 4.78 is 0. The molecule has 1 spiro atoms. The van der Waals surface area contributed by atoms with E-state index < -0.39 is 0 Å². The van der Waals surface area contributed by atoms with E-state index in [0.29, 0.717) is 17.9 Å². The highest BCUT2D eigenvalue weighted by Gasteiger charge is 2.53. The summed E-state index contributed by atoms with van der Waals surface area (Å²) in [6.07, 6.45) is 8.33. The Bertz CT molecular complexity index is 156. The second kappa shape index (κ2) is 3.02. The lowest BCUT2D eigenvalue weighted by atomic mass is 9.77. The van der Waals surface area contributed by atoms with E-state index in [2.05, 4.69) is 6.92 Å². The molecule has 2 aliphatic rings. The zero-order valence-electron chi connectivity index (χ0n) is 8.05. The van der Waals surface area contributed by atoms with Crippen LogP contribution in [0.15, 0.2) is 0 Å². The van der Waals surface area contributed by atoms with Gasteiger partial charge in [0, 0.05) is 6.61 Å². The zero-order valence-corrected chi connectivity index (χ0v) is 8.05. The van der Waals surface area contributed by atoms with Gasteiger partial charge in [-0.3, -0.25) is 0 Å². The third-order valence-corrected chi connectivity index (χ3v) is 4.26. The molecule has 1 heteroatoms. The number of aliphatic hydroxyl groups is 1. The SMILES string of the molecule is CCC1CCC2(CC1)CC2CO. The maximum atomic E-state index is 9.05. The Morgan fingerprint density at radius 3 is 2.42 bits per heavy atom. The van der Waals surface area contributed by atoms with Gasteiger partial charge >= 0.3 is 0 Å². The average molecular weight is 168 g/mol. The van der Waals surface area contributed by atoms with Crippen LogP contribution in [0.1, 0.15) is 45.4 Å². The number of hydrogen-bond acceptors (Lipinski definition) is 1. The van der Waals surface area contributed by atoms with Gasteiger partial charge in [0.2, 0.25) is 0 Å². The van der Waals surface area contributed by atoms with Crippen LogP contribution in [0, 0.1) is 17.3 Å². The zero-order chi connectivity index (χ0) is 8.60. The molecule has 0 aromatic heterocycles. The molecular weight excluding hydrogens is 148 g/mol. The van der Waals surface area contributed by atoms with Gasteiger partial charge in [0.15, 0.2) is 0 Å². The predicted octanol–water partition coefficient (Wildman–Crippen LogP) is 2.59. The normalized spacial score (nSPS) is 46.5. The van der Waals surface area contributed by atoms with Crippen LogP contribution in [0.3, 0.4) is 0 Å². The molecule has 1 nitrogen and oxygen atoms in total. The van der Waals surface area contributed by atoms with Crippen molar-refractivity contribution >= 4 is 0 Å². The molecule has 0 radical (unpaired) electrons. The van der Waals surface area contributed by atoms with E-state index in [1.807, 2.05) is 0 Å². The Balaban J connectivity index is 1.84. The van der Waals surface area contributed by atoms with Gasteiger partial charge in [-0.1, -0.05) is 13.3 Å². The van der Waals surface area contributed by atoms with Gasteiger partial charge in [-0.25, -0.2) is 0 Å². The summed E-state index contributed by atoms with van der Waals surface area (Å²) in [5.41, 5.74) is 0.625. The molecule has 12 heavy (non-hydrogen) atoms. The second-order valence-electron chi connectivity index (χ2n) is 4.80. The minimum Gasteiger partial charge on any atom is -0.396 e. The van der Waals surface area contributed by atoms with Gasteiger partial charge < -0.3 is 5.11 Å². The van der Waals surface area contributed by atoms with E-state index in [1.54, 1.807) is 0 Å². The van der Waals surface area contributed by atoms with Gasteiger partial charge in [0.05, 0.1) is 0 Å². The standard InChI is InChI=1S/C11H20O/c1-2-9-3-5-11(6-4-9)7-10(11)8-12/h9-10,12H,2-8H2,1H3. The minimum atomic E-state index is 0.441. The Kier molecular flexibility index (Phi) is 2.16. The number of hydrogen-bond donors (Lipinski definition) is 1. The predicted molar refractivity (Wildman–Crippen MR) is 49.9 cm³/mol. The fraction of sp³-hybridized carbons (Fsp3) is 1.00. The first-order valence-corrected chi connectivity index (χ1v) is 5.41. The average Bonchev–Trinajstić information content (AvgIpc) is 2.81. The molecule has 1 atom stereocenters.